The van der Waals surface area contributed by atoms with Crippen LogP contribution in [0.3, 0.4) is 0 Å². The van der Waals surface area contributed by atoms with Gasteiger partial charge >= 0.3 is 0 Å². The molecule has 1 aromatic rings. The van der Waals surface area contributed by atoms with E-state index in [1.807, 2.05) is 6.07 Å². The molecule has 0 saturated heterocycles. The van der Waals surface area contributed by atoms with E-state index in [4.69, 9.17) is 0 Å². The Bertz CT molecular complexity index is 243. The van der Waals surface area contributed by atoms with E-state index < -0.39 is 0 Å². The van der Waals surface area contributed by atoms with Crippen LogP contribution in [0.1, 0.15) is 19.3 Å². The molecule has 0 bridgehead atoms. The third kappa shape index (κ3) is 1.26. The second kappa shape index (κ2) is 3.09. The molecule has 0 atom stereocenters. The summed E-state index contributed by atoms with van der Waals surface area (Å²) in [5.74, 6) is 0.849. The lowest BCUT2D eigenvalue weighted by Crippen LogP contribution is -2.38. The third-order valence-electron chi connectivity index (χ3n) is 2.49. The molecule has 0 aliphatic heterocycles. The minimum absolute atomic E-state index is 0.674. The standard InChI is InChI=1S/C9H13N3/c1-12(8-4-2-5-8)9-10-6-3-7-11-9/h3,6-8H,2,4-5H2,1H3. The van der Waals surface area contributed by atoms with Gasteiger partial charge in [0.1, 0.15) is 0 Å². The van der Waals surface area contributed by atoms with Crippen molar-refractivity contribution in [2.75, 3.05) is 11.9 Å². The van der Waals surface area contributed by atoms with Crippen molar-refractivity contribution in [2.45, 2.75) is 25.3 Å². The van der Waals surface area contributed by atoms with E-state index in [2.05, 4.69) is 21.9 Å². The molecule has 1 saturated carbocycles. The van der Waals surface area contributed by atoms with Crippen LogP contribution in [0.5, 0.6) is 0 Å². The maximum atomic E-state index is 4.20. The van der Waals surface area contributed by atoms with E-state index >= 15 is 0 Å². The van der Waals surface area contributed by atoms with E-state index in [1.165, 1.54) is 19.3 Å². The first kappa shape index (κ1) is 7.53. The van der Waals surface area contributed by atoms with Gasteiger partial charge in [0.2, 0.25) is 5.95 Å². The molecule has 1 fully saturated rings. The average molecular weight is 163 g/mol. The Morgan fingerprint density at radius 2 is 2.00 bits per heavy atom. The molecular formula is C9H13N3. The number of anilines is 1. The summed E-state index contributed by atoms with van der Waals surface area (Å²) in [5, 5.41) is 0. The molecule has 0 radical (unpaired) electrons. The third-order valence-corrected chi connectivity index (χ3v) is 2.49. The van der Waals surface area contributed by atoms with Crippen LogP contribution >= 0.6 is 0 Å². The van der Waals surface area contributed by atoms with Gasteiger partial charge in [-0.25, -0.2) is 9.97 Å². The zero-order chi connectivity index (χ0) is 8.39. The summed E-state index contributed by atoms with van der Waals surface area (Å²) < 4.78 is 0. The Balaban J connectivity index is 2.08. The van der Waals surface area contributed by atoms with Crippen molar-refractivity contribution in [3.8, 4) is 0 Å². The lowest BCUT2D eigenvalue weighted by Gasteiger charge is -2.34. The predicted octanol–water partition coefficient (Wildman–Crippen LogP) is 1.47. The molecule has 3 nitrogen and oxygen atoms in total. The minimum atomic E-state index is 0.674. The molecule has 1 aliphatic carbocycles. The van der Waals surface area contributed by atoms with Gasteiger partial charge in [0.15, 0.2) is 0 Å². The maximum Gasteiger partial charge on any atom is 0.225 e. The predicted molar refractivity (Wildman–Crippen MR) is 48.1 cm³/mol. The highest BCUT2D eigenvalue weighted by atomic mass is 15.3. The Kier molecular flexibility index (Phi) is 1.94. The summed E-state index contributed by atoms with van der Waals surface area (Å²) in [4.78, 5) is 10.6. The summed E-state index contributed by atoms with van der Waals surface area (Å²) in [6, 6.07) is 2.52. The zero-order valence-corrected chi connectivity index (χ0v) is 7.27. The molecule has 0 N–H and O–H groups in total. The topological polar surface area (TPSA) is 29.0 Å². The van der Waals surface area contributed by atoms with Gasteiger partial charge in [0.05, 0.1) is 0 Å². The van der Waals surface area contributed by atoms with Crippen molar-refractivity contribution < 1.29 is 0 Å². The molecule has 1 aromatic heterocycles. The summed E-state index contributed by atoms with van der Waals surface area (Å²) >= 11 is 0. The van der Waals surface area contributed by atoms with Crippen LogP contribution in [0.15, 0.2) is 18.5 Å². The first-order valence-electron chi connectivity index (χ1n) is 4.38. The molecule has 0 amide bonds. The molecule has 3 heteroatoms. The van der Waals surface area contributed by atoms with Gasteiger partial charge in [-0.3, -0.25) is 0 Å². The van der Waals surface area contributed by atoms with Crippen LogP contribution in [0, 0.1) is 0 Å². The van der Waals surface area contributed by atoms with Crippen molar-refractivity contribution in [3.05, 3.63) is 18.5 Å². The van der Waals surface area contributed by atoms with E-state index in [9.17, 15) is 0 Å². The Labute approximate surface area is 72.4 Å². The minimum Gasteiger partial charge on any atom is -0.341 e. The molecule has 1 heterocycles. The van der Waals surface area contributed by atoms with Crippen LogP contribution in [0.2, 0.25) is 0 Å². The normalized spacial score (nSPS) is 17.1. The monoisotopic (exact) mass is 163 g/mol. The fourth-order valence-electron chi connectivity index (χ4n) is 1.41. The first-order chi connectivity index (χ1) is 5.88. The quantitative estimate of drug-likeness (QED) is 0.661. The van der Waals surface area contributed by atoms with Crippen LogP contribution in [-0.4, -0.2) is 23.1 Å². The summed E-state index contributed by atoms with van der Waals surface area (Å²) in [6.45, 7) is 0. The number of hydrogen-bond donors (Lipinski definition) is 0. The molecule has 2 rings (SSSR count). The molecule has 1 aliphatic rings. The van der Waals surface area contributed by atoms with Gasteiger partial charge in [-0.2, -0.15) is 0 Å². The Hall–Kier alpha value is -1.12. The van der Waals surface area contributed by atoms with Crippen LogP contribution in [-0.2, 0) is 0 Å². The summed E-state index contributed by atoms with van der Waals surface area (Å²) in [7, 11) is 2.07. The highest BCUT2D eigenvalue weighted by molar-refractivity contribution is 5.29. The maximum absolute atomic E-state index is 4.20. The molecule has 0 aromatic carbocycles. The van der Waals surface area contributed by atoms with Gasteiger partial charge in [0, 0.05) is 25.5 Å². The van der Waals surface area contributed by atoms with Crippen molar-refractivity contribution in [2.24, 2.45) is 0 Å². The first-order valence-corrected chi connectivity index (χ1v) is 4.38. The number of rotatable bonds is 2. The fraction of sp³-hybridized carbons (Fsp3) is 0.556. The van der Waals surface area contributed by atoms with Crippen molar-refractivity contribution in [3.63, 3.8) is 0 Å². The van der Waals surface area contributed by atoms with Gasteiger partial charge in [-0.1, -0.05) is 0 Å². The molecular weight excluding hydrogens is 150 g/mol. The average Bonchev–Trinajstić information content (AvgIpc) is 2.03. The van der Waals surface area contributed by atoms with Gasteiger partial charge < -0.3 is 4.90 Å². The van der Waals surface area contributed by atoms with Crippen LogP contribution in [0.25, 0.3) is 0 Å². The molecule has 12 heavy (non-hydrogen) atoms. The number of aromatic nitrogens is 2. The highest BCUT2D eigenvalue weighted by Gasteiger charge is 2.23. The van der Waals surface area contributed by atoms with E-state index in [-0.39, 0.29) is 0 Å². The van der Waals surface area contributed by atoms with Crippen LogP contribution < -0.4 is 4.90 Å². The molecule has 0 unspecified atom stereocenters. The zero-order valence-electron chi connectivity index (χ0n) is 7.27. The highest BCUT2D eigenvalue weighted by Crippen LogP contribution is 2.25. The lowest BCUT2D eigenvalue weighted by molar-refractivity contribution is 0.397. The lowest BCUT2D eigenvalue weighted by atomic mass is 9.92. The fourth-order valence-corrected chi connectivity index (χ4v) is 1.41. The Morgan fingerprint density at radius 3 is 2.50 bits per heavy atom. The summed E-state index contributed by atoms with van der Waals surface area (Å²) in [6.07, 6.45) is 7.50. The second-order valence-electron chi connectivity index (χ2n) is 3.24. The van der Waals surface area contributed by atoms with Crippen molar-refractivity contribution in [1.29, 1.82) is 0 Å². The van der Waals surface area contributed by atoms with Gasteiger partial charge in [0.25, 0.3) is 0 Å². The largest absolute Gasteiger partial charge is 0.341 e. The van der Waals surface area contributed by atoms with E-state index in [0.717, 1.165) is 5.95 Å². The SMILES string of the molecule is CN(c1ncccn1)C1CCC1. The van der Waals surface area contributed by atoms with E-state index in [0.29, 0.717) is 6.04 Å². The van der Waals surface area contributed by atoms with E-state index in [1.54, 1.807) is 12.4 Å². The second-order valence-corrected chi connectivity index (χ2v) is 3.24. The molecule has 0 spiro atoms. The van der Waals surface area contributed by atoms with Gasteiger partial charge in [-0.05, 0) is 25.3 Å². The van der Waals surface area contributed by atoms with Gasteiger partial charge in [-0.15, -0.1) is 0 Å². The summed E-state index contributed by atoms with van der Waals surface area (Å²) in [5.41, 5.74) is 0. The van der Waals surface area contributed by atoms with Crippen molar-refractivity contribution in [1.82, 2.24) is 9.97 Å². The number of hydrogen-bond acceptors (Lipinski definition) is 3. The molecule has 64 valence electrons. The Morgan fingerprint density at radius 1 is 1.33 bits per heavy atom. The van der Waals surface area contributed by atoms with Crippen molar-refractivity contribution >= 4 is 5.95 Å². The van der Waals surface area contributed by atoms with Crippen LogP contribution in [0.4, 0.5) is 5.95 Å². The smallest absolute Gasteiger partial charge is 0.225 e. The number of nitrogens with zero attached hydrogens (tertiary/aromatic N) is 3.